The average molecular weight is 751 g/mol. The van der Waals surface area contributed by atoms with E-state index in [2.05, 4.69) is 161 Å². The zero-order chi connectivity index (χ0) is 40.0. The molecule has 0 bridgehead atoms. The molecule has 8 rings (SSSR count). The lowest BCUT2D eigenvalue weighted by molar-refractivity contribution is 0.520. The summed E-state index contributed by atoms with van der Waals surface area (Å²) in [5, 5.41) is 19.1. The van der Waals surface area contributed by atoms with Crippen LogP contribution in [0, 0.1) is 0 Å². The van der Waals surface area contributed by atoms with Crippen LogP contribution >= 0.6 is 11.8 Å². The first kappa shape index (κ1) is 44.3. The molecule has 0 aliphatic carbocycles. The molecule has 0 spiro atoms. The fourth-order valence-corrected chi connectivity index (χ4v) is 7.28. The molecule has 5 heteroatoms. The van der Waals surface area contributed by atoms with Crippen LogP contribution in [0.25, 0.3) is 32.7 Å². The standard InChI is InChI=1S/C26H25N3S.C16H13N.4C2H6/c1-27-25(28-2)21-10-6-9-19(15-21)20-12-11-17-13-14-23-24(22(17)16-20)29-26(30-23)18-7-4-3-5-8-18;1-2-8-15(9-3-1)17-16-11-10-13-6-4-5-7-14(13)12-16;4*1-2/h3-16,25-29H,1-2H3;1-12,17H;4*1-2H3. The molecule has 1 heterocycles. The third-order valence-electron chi connectivity index (χ3n) is 8.55. The second-order valence-electron chi connectivity index (χ2n) is 11.6. The lowest BCUT2D eigenvalue weighted by Crippen LogP contribution is -2.28. The van der Waals surface area contributed by atoms with Crippen molar-refractivity contribution in [2.45, 2.75) is 71.8 Å². The highest BCUT2D eigenvalue weighted by Gasteiger charge is 2.24. The van der Waals surface area contributed by atoms with Gasteiger partial charge in [0.15, 0.2) is 0 Å². The Labute approximate surface area is 336 Å². The van der Waals surface area contributed by atoms with Gasteiger partial charge in [0.1, 0.15) is 5.37 Å². The lowest BCUT2D eigenvalue weighted by Gasteiger charge is -2.17. The highest BCUT2D eigenvalue weighted by molar-refractivity contribution is 8.00. The highest BCUT2D eigenvalue weighted by atomic mass is 32.2. The monoisotopic (exact) mass is 750 g/mol. The van der Waals surface area contributed by atoms with Crippen LogP contribution in [-0.2, 0) is 0 Å². The number of para-hydroxylation sites is 1. The van der Waals surface area contributed by atoms with Crippen LogP contribution in [0.1, 0.15) is 78.1 Å². The van der Waals surface area contributed by atoms with Crippen molar-refractivity contribution in [2.75, 3.05) is 24.7 Å². The second-order valence-corrected chi connectivity index (χ2v) is 12.8. The quantitative estimate of drug-likeness (QED) is 0.122. The summed E-state index contributed by atoms with van der Waals surface area (Å²) in [4.78, 5) is 1.31. The third kappa shape index (κ3) is 12.0. The number of nitrogens with one attached hydrogen (secondary N) is 4. The molecule has 0 radical (unpaired) electrons. The van der Waals surface area contributed by atoms with Crippen molar-refractivity contribution >= 4 is 50.4 Å². The fourth-order valence-electron chi connectivity index (χ4n) is 6.12. The molecule has 0 amide bonds. The number of rotatable bonds is 7. The van der Waals surface area contributed by atoms with Gasteiger partial charge in [-0.1, -0.05) is 182 Å². The molecular weight excluding hydrogens is 689 g/mol. The summed E-state index contributed by atoms with van der Waals surface area (Å²) in [6.45, 7) is 16.0. The smallest absolute Gasteiger partial charge is 0.103 e. The van der Waals surface area contributed by atoms with Crippen molar-refractivity contribution < 1.29 is 0 Å². The van der Waals surface area contributed by atoms with Gasteiger partial charge in [0.05, 0.1) is 11.9 Å². The van der Waals surface area contributed by atoms with Crippen molar-refractivity contribution in [3.8, 4) is 11.1 Å². The van der Waals surface area contributed by atoms with Gasteiger partial charge in [-0.3, -0.25) is 0 Å². The SMILES string of the molecule is CC.CC.CC.CC.CNC(NC)c1cccc(-c2ccc3ccc4c(c3c2)NC(c2ccccc2)S4)c1.c1ccc(Nc2ccc3ccccc3c2)cc1. The topological polar surface area (TPSA) is 48.1 Å². The maximum atomic E-state index is 3.76. The van der Waals surface area contributed by atoms with Crippen LogP contribution in [-0.4, -0.2) is 14.1 Å². The number of anilines is 3. The molecular formula is C50H62N4S. The molecule has 0 aromatic heterocycles. The fraction of sp³-hybridized carbons (Fsp3) is 0.240. The summed E-state index contributed by atoms with van der Waals surface area (Å²) in [6, 6.07) is 55.6. The predicted molar refractivity (Wildman–Crippen MR) is 248 cm³/mol. The molecule has 1 atom stereocenters. The van der Waals surface area contributed by atoms with Crippen LogP contribution < -0.4 is 21.3 Å². The third-order valence-corrected chi connectivity index (χ3v) is 9.77. The first-order valence-electron chi connectivity index (χ1n) is 20.0. The van der Waals surface area contributed by atoms with E-state index < -0.39 is 0 Å². The number of fused-ring (bicyclic) bond motifs is 4. The van der Waals surface area contributed by atoms with Crippen LogP contribution in [0.4, 0.5) is 17.1 Å². The molecule has 55 heavy (non-hydrogen) atoms. The predicted octanol–water partition coefficient (Wildman–Crippen LogP) is 14.8. The summed E-state index contributed by atoms with van der Waals surface area (Å²) in [6.07, 6.45) is 0.138. The maximum absolute atomic E-state index is 3.76. The van der Waals surface area contributed by atoms with Gasteiger partial charge in [-0.15, -0.1) is 0 Å². The van der Waals surface area contributed by atoms with Crippen LogP contribution in [0.15, 0.2) is 163 Å². The summed E-state index contributed by atoms with van der Waals surface area (Å²) >= 11 is 1.89. The van der Waals surface area contributed by atoms with Gasteiger partial charge >= 0.3 is 0 Å². The largest absolute Gasteiger partial charge is 0.368 e. The molecule has 7 aromatic rings. The number of benzene rings is 7. The molecule has 0 saturated carbocycles. The minimum Gasteiger partial charge on any atom is -0.368 e. The molecule has 1 aliphatic rings. The van der Waals surface area contributed by atoms with Crippen molar-refractivity contribution in [3.05, 3.63) is 169 Å². The van der Waals surface area contributed by atoms with E-state index in [1.54, 1.807) is 0 Å². The van der Waals surface area contributed by atoms with Gasteiger partial charge in [0.25, 0.3) is 0 Å². The lowest BCUT2D eigenvalue weighted by atomic mass is 9.98. The number of hydrogen-bond acceptors (Lipinski definition) is 5. The Bertz CT molecular complexity index is 2110. The Morgan fingerprint density at radius 1 is 0.491 bits per heavy atom. The van der Waals surface area contributed by atoms with Gasteiger partial charge in [-0.2, -0.15) is 0 Å². The van der Waals surface area contributed by atoms with Crippen LogP contribution in [0.5, 0.6) is 0 Å². The van der Waals surface area contributed by atoms with Crippen molar-refractivity contribution in [3.63, 3.8) is 0 Å². The van der Waals surface area contributed by atoms with E-state index in [9.17, 15) is 0 Å². The normalized spacial score (nSPS) is 12.0. The molecule has 4 nitrogen and oxygen atoms in total. The Kier molecular flexibility index (Phi) is 19.6. The molecule has 288 valence electrons. The average Bonchev–Trinajstić information content (AvgIpc) is 3.73. The molecule has 1 unspecified atom stereocenters. The molecule has 7 aromatic carbocycles. The van der Waals surface area contributed by atoms with Gasteiger partial charge in [-0.05, 0) is 95.0 Å². The minimum absolute atomic E-state index is 0.138. The molecule has 0 saturated heterocycles. The van der Waals surface area contributed by atoms with Crippen molar-refractivity contribution in [1.82, 2.24) is 10.6 Å². The van der Waals surface area contributed by atoms with E-state index in [-0.39, 0.29) is 11.5 Å². The van der Waals surface area contributed by atoms with E-state index in [4.69, 9.17) is 0 Å². The van der Waals surface area contributed by atoms with Gasteiger partial charge in [0, 0.05) is 21.7 Å². The van der Waals surface area contributed by atoms with Crippen LogP contribution in [0.3, 0.4) is 0 Å². The number of hydrogen-bond donors (Lipinski definition) is 4. The summed E-state index contributed by atoms with van der Waals surface area (Å²) < 4.78 is 0. The van der Waals surface area contributed by atoms with E-state index >= 15 is 0 Å². The zero-order valence-corrected chi connectivity index (χ0v) is 35.4. The van der Waals surface area contributed by atoms with Crippen LogP contribution in [0.2, 0.25) is 0 Å². The van der Waals surface area contributed by atoms with Crippen molar-refractivity contribution in [2.24, 2.45) is 0 Å². The summed E-state index contributed by atoms with van der Waals surface area (Å²) in [7, 11) is 3.94. The number of thioether (sulfide) groups is 1. The maximum Gasteiger partial charge on any atom is 0.103 e. The van der Waals surface area contributed by atoms with Crippen molar-refractivity contribution in [1.29, 1.82) is 0 Å². The van der Waals surface area contributed by atoms with E-state index in [1.807, 2.05) is 99.4 Å². The Morgan fingerprint density at radius 3 is 1.75 bits per heavy atom. The Hall–Kier alpha value is -5.07. The zero-order valence-electron chi connectivity index (χ0n) is 34.6. The molecule has 4 N–H and O–H groups in total. The summed E-state index contributed by atoms with van der Waals surface area (Å²) in [5.74, 6) is 0. The van der Waals surface area contributed by atoms with Gasteiger partial charge in [-0.25, -0.2) is 0 Å². The first-order valence-corrected chi connectivity index (χ1v) is 20.9. The molecule has 0 fully saturated rings. The van der Waals surface area contributed by atoms with Gasteiger partial charge in [0.2, 0.25) is 0 Å². The summed E-state index contributed by atoms with van der Waals surface area (Å²) in [5.41, 5.74) is 8.48. The minimum atomic E-state index is 0.138. The Morgan fingerprint density at radius 2 is 1.07 bits per heavy atom. The van der Waals surface area contributed by atoms with E-state index in [0.717, 1.165) is 11.4 Å². The highest BCUT2D eigenvalue weighted by Crippen LogP contribution is 2.49. The van der Waals surface area contributed by atoms with Gasteiger partial charge < -0.3 is 21.3 Å². The van der Waals surface area contributed by atoms with E-state index in [0.29, 0.717) is 0 Å². The second kappa shape index (κ2) is 24.4. The first-order chi connectivity index (χ1) is 27.2. The Balaban J connectivity index is 0.000000276. The van der Waals surface area contributed by atoms with E-state index in [1.165, 1.54) is 54.4 Å². The molecule has 1 aliphatic heterocycles.